The van der Waals surface area contributed by atoms with Crippen LogP contribution in [0.1, 0.15) is 28.8 Å². The number of amides is 1. The molecule has 6 nitrogen and oxygen atoms in total. The number of nitrogens with two attached hydrogens (primary N) is 1. The van der Waals surface area contributed by atoms with E-state index in [9.17, 15) is 9.90 Å². The highest BCUT2D eigenvalue weighted by Crippen LogP contribution is 2.36. The van der Waals surface area contributed by atoms with Crippen LogP contribution < -0.4 is 15.4 Å². The normalized spacial score (nSPS) is 20.0. The molecule has 1 atom stereocenters. The number of aromatic nitrogens is 1. The van der Waals surface area contributed by atoms with Crippen LogP contribution in [0.15, 0.2) is 42.6 Å². The van der Waals surface area contributed by atoms with Crippen molar-refractivity contribution in [2.75, 3.05) is 31.7 Å². The first-order valence-electron chi connectivity index (χ1n) is 8.80. The summed E-state index contributed by atoms with van der Waals surface area (Å²) in [5, 5.41) is 10.2. The van der Waals surface area contributed by atoms with Gasteiger partial charge in [0, 0.05) is 24.7 Å². The number of hydrogen-bond donors (Lipinski definition) is 2. The van der Waals surface area contributed by atoms with Crippen molar-refractivity contribution in [1.82, 2.24) is 4.98 Å². The molecular formula is C20H25N3O3. The molecule has 1 amide bonds. The quantitative estimate of drug-likeness (QED) is 0.827. The number of aliphatic hydroxyl groups excluding tert-OH is 1. The molecule has 0 spiro atoms. The summed E-state index contributed by atoms with van der Waals surface area (Å²) in [6.07, 6.45) is 4.23. The lowest BCUT2D eigenvalue weighted by molar-refractivity contribution is 0.0994. The number of aliphatic hydroxyl groups is 1. The molecule has 2 heterocycles. The predicted octanol–water partition coefficient (Wildman–Crippen LogP) is 2.01. The van der Waals surface area contributed by atoms with Crippen molar-refractivity contribution >= 4 is 11.7 Å². The van der Waals surface area contributed by atoms with Gasteiger partial charge in [0.05, 0.1) is 19.3 Å². The maximum atomic E-state index is 11.7. The number of rotatable bonds is 6. The van der Waals surface area contributed by atoms with Crippen molar-refractivity contribution in [1.29, 1.82) is 0 Å². The van der Waals surface area contributed by atoms with Gasteiger partial charge in [0.15, 0.2) is 0 Å². The van der Waals surface area contributed by atoms with Crippen LogP contribution in [-0.4, -0.2) is 42.8 Å². The van der Waals surface area contributed by atoms with Crippen LogP contribution >= 0.6 is 0 Å². The third-order valence-electron chi connectivity index (χ3n) is 5.06. The minimum atomic E-state index is -0.485. The van der Waals surface area contributed by atoms with E-state index in [4.69, 9.17) is 10.5 Å². The van der Waals surface area contributed by atoms with E-state index in [2.05, 4.69) is 16.0 Å². The van der Waals surface area contributed by atoms with Gasteiger partial charge < -0.3 is 20.5 Å². The Kier molecular flexibility index (Phi) is 5.42. The molecule has 138 valence electrons. The molecule has 1 saturated heterocycles. The smallest absolute Gasteiger partial charge is 0.252 e. The SMILES string of the molecule is COc1cccc(C[C@]2(CO)CCCN(c3ncccc3C(N)=O)C2)c1. The number of primary amides is 1. The minimum Gasteiger partial charge on any atom is -0.497 e. The molecule has 1 aliphatic rings. The molecule has 0 saturated carbocycles. The number of carbonyl (C=O) groups is 1. The van der Waals surface area contributed by atoms with E-state index >= 15 is 0 Å². The van der Waals surface area contributed by atoms with Gasteiger partial charge in [-0.25, -0.2) is 4.98 Å². The highest BCUT2D eigenvalue weighted by Gasteiger charge is 2.36. The maximum Gasteiger partial charge on any atom is 0.252 e. The minimum absolute atomic E-state index is 0.0689. The van der Waals surface area contributed by atoms with E-state index in [0.717, 1.165) is 37.1 Å². The van der Waals surface area contributed by atoms with E-state index in [0.29, 0.717) is 17.9 Å². The molecule has 0 aliphatic carbocycles. The van der Waals surface area contributed by atoms with Crippen LogP contribution in [0, 0.1) is 5.41 Å². The number of methoxy groups -OCH3 is 1. The molecule has 3 N–H and O–H groups in total. The molecule has 1 aromatic carbocycles. The summed E-state index contributed by atoms with van der Waals surface area (Å²) in [5.74, 6) is 0.924. The lowest BCUT2D eigenvalue weighted by Gasteiger charge is -2.43. The van der Waals surface area contributed by atoms with Crippen molar-refractivity contribution in [3.63, 3.8) is 0 Å². The first kappa shape index (κ1) is 18.2. The van der Waals surface area contributed by atoms with E-state index in [-0.39, 0.29) is 12.0 Å². The molecule has 1 aromatic heterocycles. The number of anilines is 1. The Morgan fingerprint density at radius 1 is 1.38 bits per heavy atom. The Morgan fingerprint density at radius 3 is 2.96 bits per heavy atom. The number of hydrogen-bond acceptors (Lipinski definition) is 5. The third kappa shape index (κ3) is 3.80. The molecule has 0 bridgehead atoms. The predicted molar refractivity (Wildman–Crippen MR) is 100 cm³/mol. The van der Waals surface area contributed by atoms with Crippen molar-refractivity contribution in [2.24, 2.45) is 11.1 Å². The largest absolute Gasteiger partial charge is 0.497 e. The molecule has 2 aromatic rings. The average Bonchev–Trinajstić information content (AvgIpc) is 2.68. The third-order valence-corrected chi connectivity index (χ3v) is 5.06. The molecular weight excluding hydrogens is 330 g/mol. The first-order valence-corrected chi connectivity index (χ1v) is 8.80. The summed E-state index contributed by atoms with van der Waals surface area (Å²) >= 11 is 0. The number of piperidine rings is 1. The van der Waals surface area contributed by atoms with Gasteiger partial charge in [0.1, 0.15) is 11.6 Å². The Hall–Kier alpha value is -2.60. The van der Waals surface area contributed by atoms with Crippen LogP contribution in [0.5, 0.6) is 5.75 Å². The van der Waals surface area contributed by atoms with Gasteiger partial charge in [-0.2, -0.15) is 0 Å². The van der Waals surface area contributed by atoms with Crippen molar-refractivity contribution in [3.05, 3.63) is 53.7 Å². The van der Waals surface area contributed by atoms with Crippen LogP contribution in [0.3, 0.4) is 0 Å². The maximum absolute atomic E-state index is 11.7. The molecule has 6 heteroatoms. The standard InChI is InChI=1S/C20H25N3O3/c1-26-16-6-2-5-15(11-16)12-20(14-24)8-4-10-23(13-20)19-17(18(21)25)7-3-9-22-19/h2-3,5-7,9,11,24H,4,8,10,12-14H2,1H3,(H2,21,25)/t20-/m1/s1. The van der Waals surface area contributed by atoms with E-state index in [1.165, 1.54) is 0 Å². The number of pyridine rings is 1. The molecule has 3 rings (SSSR count). The Balaban J connectivity index is 1.86. The lowest BCUT2D eigenvalue weighted by Crippen LogP contribution is -2.47. The topological polar surface area (TPSA) is 88.7 Å². The zero-order valence-corrected chi connectivity index (χ0v) is 15.0. The van der Waals surface area contributed by atoms with E-state index < -0.39 is 5.91 Å². The van der Waals surface area contributed by atoms with E-state index in [1.807, 2.05) is 18.2 Å². The Morgan fingerprint density at radius 2 is 2.23 bits per heavy atom. The molecule has 0 radical (unpaired) electrons. The van der Waals surface area contributed by atoms with Gasteiger partial charge in [0.25, 0.3) is 5.91 Å². The Labute approximate surface area is 153 Å². The van der Waals surface area contributed by atoms with Crippen molar-refractivity contribution < 1.29 is 14.6 Å². The van der Waals surface area contributed by atoms with Crippen LogP contribution in [0.4, 0.5) is 5.82 Å². The summed E-state index contributed by atoms with van der Waals surface area (Å²) in [6.45, 7) is 1.48. The van der Waals surface area contributed by atoms with Crippen molar-refractivity contribution in [2.45, 2.75) is 19.3 Å². The van der Waals surface area contributed by atoms with Gasteiger partial charge >= 0.3 is 0 Å². The first-order chi connectivity index (χ1) is 12.6. The van der Waals surface area contributed by atoms with Gasteiger partial charge in [-0.3, -0.25) is 4.79 Å². The van der Waals surface area contributed by atoms with Gasteiger partial charge in [-0.1, -0.05) is 12.1 Å². The monoisotopic (exact) mass is 355 g/mol. The summed E-state index contributed by atoms with van der Waals surface area (Å²) in [4.78, 5) is 18.2. The second kappa shape index (κ2) is 7.74. The van der Waals surface area contributed by atoms with Crippen LogP contribution in [-0.2, 0) is 6.42 Å². The zero-order chi connectivity index (χ0) is 18.6. The summed E-state index contributed by atoms with van der Waals surface area (Å²) in [7, 11) is 1.65. The highest BCUT2D eigenvalue weighted by molar-refractivity contribution is 5.97. The zero-order valence-electron chi connectivity index (χ0n) is 15.0. The molecule has 1 fully saturated rings. The fourth-order valence-corrected chi connectivity index (χ4v) is 3.77. The summed E-state index contributed by atoms with van der Waals surface area (Å²) in [6, 6.07) is 11.3. The number of benzene rings is 1. The number of ether oxygens (including phenoxy) is 1. The number of nitrogens with zero attached hydrogens (tertiary/aromatic N) is 2. The summed E-state index contributed by atoms with van der Waals surface area (Å²) < 4.78 is 5.31. The van der Waals surface area contributed by atoms with Crippen molar-refractivity contribution in [3.8, 4) is 5.75 Å². The van der Waals surface area contributed by atoms with Crippen LogP contribution in [0.25, 0.3) is 0 Å². The second-order valence-corrected chi connectivity index (χ2v) is 6.95. The van der Waals surface area contributed by atoms with Crippen LogP contribution in [0.2, 0.25) is 0 Å². The molecule has 1 aliphatic heterocycles. The fraction of sp³-hybridized carbons (Fsp3) is 0.400. The van der Waals surface area contributed by atoms with Gasteiger partial charge in [-0.15, -0.1) is 0 Å². The van der Waals surface area contributed by atoms with Gasteiger partial charge in [-0.05, 0) is 49.1 Å². The molecule has 0 unspecified atom stereocenters. The number of carbonyl (C=O) groups excluding carboxylic acids is 1. The Bertz CT molecular complexity index is 780. The molecule has 26 heavy (non-hydrogen) atoms. The lowest BCUT2D eigenvalue weighted by atomic mass is 9.75. The fourth-order valence-electron chi connectivity index (χ4n) is 3.77. The highest BCUT2D eigenvalue weighted by atomic mass is 16.5. The van der Waals surface area contributed by atoms with Gasteiger partial charge in [0.2, 0.25) is 0 Å². The average molecular weight is 355 g/mol. The van der Waals surface area contributed by atoms with E-state index in [1.54, 1.807) is 25.4 Å². The summed E-state index contributed by atoms with van der Waals surface area (Å²) in [5.41, 5.74) is 6.75. The second-order valence-electron chi connectivity index (χ2n) is 6.95.